The van der Waals surface area contributed by atoms with Crippen molar-refractivity contribution >= 4 is 78.9 Å². The van der Waals surface area contributed by atoms with E-state index in [-0.39, 0.29) is 50.9 Å². The molecule has 2 amide bonds. The molecule has 6 atom stereocenters. The number of nitrogens with two attached hydrogens (primary N) is 2. The number of aromatic nitrogens is 4. The lowest BCUT2D eigenvalue weighted by molar-refractivity contribution is -0.130. The van der Waals surface area contributed by atoms with Crippen molar-refractivity contribution in [1.29, 1.82) is 0 Å². The third-order valence-corrected chi connectivity index (χ3v) is 16.2. The summed E-state index contributed by atoms with van der Waals surface area (Å²) < 4.78 is 68.9. The number of aliphatic imine (C=N–C) groups is 2. The number of amidine groups is 2. The van der Waals surface area contributed by atoms with Crippen LogP contribution < -0.4 is 11.5 Å². The lowest BCUT2D eigenvalue weighted by atomic mass is 9.84. The fourth-order valence-corrected chi connectivity index (χ4v) is 12.1. The molecule has 4 fully saturated rings. The van der Waals surface area contributed by atoms with Crippen LogP contribution in [-0.4, -0.2) is 127 Å². The van der Waals surface area contributed by atoms with Crippen LogP contribution in [0.25, 0.3) is 4.85 Å². The molecule has 4 aliphatic heterocycles. The SMILES string of the molecule is C#Cc1ccc(F)c([C@@]2(CF)N=C(N)S[C@@]3(/C=C/C(=O)N4CCOCC4)C[C@H]32)c1.NC1=N[C@](CF)(c2cc(C#Cc3ncc(Cl)cn3)ccc2F)[C@@H]2C[C@]2(/C=C/C(=O)N2CCOCC2)S1.[C-]#[N+]c1cnc(Br)nc1. The number of hydrogen-bond donors (Lipinski definition) is 2. The van der Waals surface area contributed by atoms with E-state index < -0.39 is 45.6 Å². The lowest BCUT2D eigenvalue weighted by Gasteiger charge is -2.34. The number of halogens is 6. The molecule has 0 radical (unpaired) electrons. The molecule has 2 saturated carbocycles. The summed E-state index contributed by atoms with van der Waals surface area (Å²) in [5.74, 6) is 6.25. The Labute approximate surface area is 446 Å². The normalized spacial score (nSPS) is 26.4. The molecule has 2 aromatic carbocycles. The molecule has 6 heterocycles. The van der Waals surface area contributed by atoms with Gasteiger partial charge in [-0.15, -0.1) is 6.42 Å². The first kappa shape index (κ1) is 54.0. The number of morpholine rings is 2. The number of alkyl halides is 2. The van der Waals surface area contributed by atoms with Gasteiger partial charge in [0.25, 0.3) is 0 Å². The standard InChI is InChI=1S/C25H22ClF2N5O2S.C21H21F2N3O2S.C5H2BrN3/c26-17-13-30-21(31-14-17)4-2-16-1-3-19(28)18(11-16)25(15-27)20-12-24(20,36-23(29)32-25)6-5-22(34)33-7-9-35-10-8-33;1-2-14-3-4-16(23)15(11-14)21(13-22)17-12-20(17,29-19(24)25-21)6-5-18(27)26-7-9-28-10-8-26;1-7-4-2-8-5(6)9-3-4/h1,3,5-6,11,13-14,20H,7-10,12,15H2,(H2,29,32);1,3-6,11,17H,7-10,12-13H2,(H2,24,25);2-3H/b2*6-5+;/t20-,24+,25-;17-,20+,21-;/m11./s1. The monoisotopic (exact) mass is 1130 g/mol. The van der Waals surface area contributed by atoms with Crippen molar-refractivity contribution in [3.8, 4) is 24.2 Å². The summed E-state index contributed by atoms with van der Waals surface area (Å²) in [6, 6.07) is 8.41. The van der Waals surface area contributed by atoms with Crippen LogP contribution in [0.3, 0.4) is 0 Å². The highest BCUT2D eigenvalue weighted by Gasteiger charge is 2.68. The van der Waals surface area contributed by atoms with Gasteiger partial charge >= 0.3 is 0 Å². The van der Waals surface area contributed by atoms with Crippen LogP contribution in [0.2, 0.25) is 5.02 Å². The molecular weight excluding hydrogens is 1090 g/mol. The molecule has 2 aromatic heterocycles. The Kier molecular flexibility index (Phi) is 16.8. The number of nitrogens with zero attached hydrogens (tertiary/aromatic N) is 9. The van der Waals surface area contributed by atoms with Gasteiger partial charge < -0.3 is 30.7 Å². The first-order valence-electron chi connectivity index (χ1n) is 22.9. The van der Waals surface area contributed by atoms with Gasteiger partial charge in [-0.05, 0) is 71.1 Å². The third-order valence-electron chi connectivity index (χ3n) is 13.0. The number of benzene rings is 2. The number of carbonyl (C=O) groups is 2. The molecule has 382 valence electrons. The van der Waals surface area contributed by atoms with E-state index in [9.17, 15) is 22.8 Å². The van der Waals surface area contributed by atoms with E-state index in [0.717, 1.165) is 0 Å². The molecule has 0 bridgehead atoms. The van der Waals surface area contributed by atoms with Crippen molar-refractivity contribution in [3.63, 3.8) is 0 Å². The summed E-state index contributed by atoms with van der Waals surface area (Å²) in [5.41, 5.74) is 10.8. The Morgan fingerprint density at radius 3 is 1.69 bits per heavy atom. The predicted octanol–water partition coefficient (Wildman–Crippen LogP) is 7.07. The molecule has 15 nitrogen and oxygen atoms in total. The van der Waals surface area contributed by atoms with Gasteiger partial charge in [-0.3, -0.25) is 9.59 Å². The van der Waals surface area contributed by atoms with Crippen LogP contribution in [0.5, 0.6) is 0 Å². The summed E-state index contributed by atoms with van der Waals surface area (Å²) in [4.78, 5) is 55.9. The zero-order valence-electron chi connectivity index (χ0n) is 39.2. The van der Waals surface area contributed by atoms with E-state index in [4.69, 9.17) is 45.5 Å². The number of hydrogen-bond acceptors (Lipinski definition) is 14. The maximum absolute atomic E-state index is 15.1. The number of ether oxygens (including phenoxy) is 2. The zero-order valence-corrected chi connectivity index (χ0v) is 43.2. The zero-order chi connectivity index (χ0) is 52.7. The number of carbonyl (C=O) groups excluding carboxylic acids is 2. The number of terminal acetylenes is 1. The average Bonchev–Trinajstić information content (AvgIpc) is 4.39. The van der Waals surface area contributed by atoms with Gasteiger partial charge in [0.15, 0.2) is 15.1 Å². The van der Waals surface area contributed by atoms with E-state index in [1.54, 1.807) is 22.0 Å². The number of thioether (sulfide) groups is 2. The van der Waals surface area contributed by atoms with Crippen molar-refractivity contribution in [2.45, 2.75) is 33.4 Å². The molecule has 4 aromatic rings. The van der Waals surface area contributed by atoms with Crippen molar-refractivity contribution < 1.29 is 36.6 Å². The van der Waals surface area contributed by atoms with Gasteiger partial charge in [-0.1, -0.05) is 59.1 Å². The molecule has 4 N–H and O–H groups in total. The Hall–Kier alpha value is -6.32. The molecular formula is C51H45BrClF4N11O4S2. The van der Waals surface area contributed by atoms with Crippen LogP contribution in [0.4, 0.5) is 23.2 Å². The fraction of sp³-hybridized carbons (Fsp3) is 0.353. The summed E-state index contributed by atoms with van der Waals surface area (Å²) >= 11 is 11.4. The van der Waals surface area contributed by atoms with Gasteiger partial charge in [-0.25, -0.2) is 52.3 Å². The van der Waals surface area contributed by atoms with Crippen molar-refractivity contribution in [3.05, 3.63) is 146 Å². The molecule has 74 heavy (non-hydrogen) atoms. The largest absolute Gasteiger partial charge is 0.378 e. The summed E-state index contributed by atoms with van der Waals surface area (Å²) in [6.45, 7) is 8.82. The van der Waals surface area contributed by atoms with Gasteiger partial charge in [-0.2, -0.15) is 0 Å². The smallest absolute Gasteiger partial charge is 0.246 e. The highest BCUT2D eigenvalue weighted by Crippen LogP contribution is 2.68. The Balaban J connectivity index is 0.000000171. The maximum Gasteiger partial charge on any atom is 0.246 e. The highest BCUT2D eigenvalue weighted by atomic mass is 79.9. The number of rotatable bonds is 8. The molecule has 2 saturated heterocycles. The Morgan fingerprint density at radius 2 is 1.24 bits per heavy atom. The van der Waals surface area contributed by atoms with Crippen LogP contribution in [0.1, 0.15) is 40.9 Å². The Bertz CT molecular complexity index is 3070. The molecule has 23 heteroatoms. The van der Waals surface area contributed by atoms with Gasteiger partial charge in [0.2, 0.25) is 23.3 Å². The second-order valence-corrected chi connectivity index (χ2v) is 21.4. The molecule has 10 rings (SSSR count). The van der Waals surface area contributed by atoms with E-state index in [1.165, 1.54) is 96.9 Å². The molecule has 2 aliphatic carbocycles. The van der Waals surface area contributed by atoms with E-state index in [1.807, 2.05) is 0 Å². The third kappa shape index (κ3) is 11.8. The number of amides is 2. The first-order valence-corrected chi connectivity index (χ1v) is 25.7. The van der Waals surface area contributed by atoms with Crippen molar-refractivity contribution in [2.75, 3.05) is 66.0 Å². The Morgan fingerprint density at radius 1 is 0.784 bits per heavy atom. The minimum Gasteiger partial charge on any atom is -0.378 e. The molecule has 0 unspecified atom stereocenters. The van der Waals surface area contributed by atoms with Gasteiger partial charge in [0.05, 0.1) is 50.4 Å². The van der Waals surface area contributed by atoms with E-state index >= 15 is 4.39 Å². The predicted molar refractivity (Wildman–Crippen MR) is 278 cm³/mol. The van der Waals surface area contributed by atoms with Crippen LogP contribution in [0, 0.1) is 54.2 Å². The topological polar surface area (TPSA) is 192 Å². The van der Waals surface area contributed by atoms with Crippen molar-refractivity contribution in [2.24, 2.45) is 33.3 Å². The van der Waals surface area contributed by atoms with E-state index in [2.05, 4.69) is 68.5 Å². The quantitative estimate of drug-likeness (QED) is 0.0601. The van der Waals surface area contributed by atoms with Crippen LogP contribution in [-0.2, 0) is 30.1 Å². The van der Waals surface area contributed by atoms with Gasteiger partial charge in [0, 0.05) is 94.3 Å². The molecule has 6 aliphatic rings. The first-order chi connectivity index (χ1) is 35.6. The van der Waals surface area contributed by atoms with Crippen LogP contribution >= 0.6 is 51.1 Å². The maximum atomic E-state index is 15.1. The summed E-state index contributed by atoms with van der Waals surface area (Å²) in [6.07, 6.45) is 18.8. The summed E-state index contributed by atoms with van der Waals surface area (Å²) in [7, 11) is 0. The second-order valence-electron chi connectivity index (χ2n) is 17.5. The minimum absolute atomic E-state index is 0.0804. The lowest BCUT2D eigenvalue weighted by Crippen LogP contribution is -2.41. The average molecular weight is 1130 g/mol. The highest BCUT2D eigenvalue weighted by molar-refractivity contribution is 9.10. The fourth-order valence-electron chi connectivity index (χ4n) is 9.15. The minimum atomic E-state index is -1.51. The van der Waals surface area contributed by atoms with Crippen molar-refractivity contribution in [1.82, 2.24) is 29.7 Å². The summed E-state index contributed by atoms with van der Waals surface area (Å²) in [5, 5.41) is 0.703. The molecule has 0 spiro atoms. The second kappa shape index (κ2) is 23.1. The van der Waals surface area contributed by atoms with E-state index in [0.29, 0.717) is 92.0 Å². The van der Waals surface area contributed by atoms with Crippen LogP contribution in [0.15, 0.2) is 100 Å². The number of fused-ring (bicyclic) bond motifs is 2. The van der Waals surface area contributed by atoms with Gasteiger partial charge in [0.1, 0.15) is 36.1 Å².